The number of hydrogen-bond donors (Lipinski definition) is 3. The number of nitrogens with two attached hydrogens (primary N) is 1. The second-order valence-electron chi connectivity index (χ2n) is 4.88. The predicted molar refractivity (Wildman–Crippen MR) is 63.5 cm³/mol. The molecule has 92 valence electrons. The summed E-state index contributed by atoms with van der Waals surface area (Å²) in [5, 5.41) is 9.33. The van der Waals surface area contributed by atoms with Gasteiger partial charge in [0.15, 0.2) is 0 Å². The van der Waals surface area contributed by atoms with Crippen molar-refractivity contribution in [2.45, 2.75) is 31.3 Å². The highest BCUT2D eigenvalue weighted by Crippen LogP contribution is 2.29. The lowest BCUT2D eigenvalue weighted by molar-refractivity contribution is 0.0938. The Morgan fingerprint density at radius 3 is 3.00 bits per heavy atom. The van der Waals surface area contributed by atoms with Crippen molar-refractivity contribution in [1.29, 1.82) is 0 Å². The third-order valence-electron chi connectivity index (χ3n) is 3.53. The molecule has 17 heavy (non-hydrogen) atoms. The van der Waals surface area contributed by atoms with E-state index in [1.165, 1.54) is 19.0 Å². The first-order valence-corrected chi connectivity index (χ1v) is 6.08. The van der Waals surface area contributed by atoms with Crippen LogP contribution in [0.2, 0.25) is 0 Å². The van der Waals surface area contributed by atoms with Crippen molar-refractivity contribution in [3.63, 3.8) is 0 Å². The number of aromatic amines is 1. The second-order valence-corrected chi connectivity index (χ2v) is 4.88. The third-order valence-corrected chi connectivity index (χ3v) is 3.53. The maximum atomic E-state index is 11.9. The van der Waals surface area contributed by atoms with Crippen LogP contribution in [0.15, 0.2) is 6.20 Å². The molecule has 1 aliphatic carbocycles. The molecule has 2 aliphatic rings. The average molecular weight is 235 g/mol. The van der Waals surface area contributed by atoms with Crippen LogP contribution < -0.4 is 11.1 Å². The number of aromatic nitrogens is 2. The molecule has 1 aliphatic heterocycles. The van der Waals surface area contributed by atoms with Crippen molar-refractivity contribution >= 4 is 11.7 Å². The Morgan fingerprint density at radius 2 is 2.35 bits per heavy atom. The first-order valence-electron chi connectivity index (χ1n) is 6.08. The molecule has 0 radical (unpaired) electrons. The van der Waals surface area contributed by atoms with Crippen LogP contribution in [0.4, 0.5) is 5.82 Å². The monoisotopic (exact) mass is 235 g/mol. The van der Waals surface area contributed by atoms with Gasteiger partial charge in [0.25, 0.3) is 5.91 Å². The lowest BCUT2D eigenvalue weighted by atomic mass is 10.2. The van der Waals surface area contributed by atoms with E-state index in [0.717, 1.165) is 25.6 Å². The summed E-state index contributed by atoms with van der Waals surface area (Å²) in [4.78, 5) is 14.4. The van der Waals surface area contributed by atoms with Gasteiger partial charge in [0.05, 0.1) is 6.20 Å². The van der Waals surface area contributed by atoms with Crippen LogP contribution >= 0.6 is 0 Å². The number of hydrogen-bond acceptors (Lipinski definition) is 4. The largest absolute Gasteiger partial charge is 0.383 e. The molecule has 0 bridgehead atoms. The zero-order chi connectivity index (χ0) is 11.8. The molecule has 6 heteroatoms. The van der Waals surface area contributed by atoms with Crippen LogP contribution in [0.1, 0.15) is 29.6 Å². The standard InChI is InChI=1S/C11H17N5O/c12-10-9(5-13-15-10)11(17)14-7-3-4-16(6-7)8-1-2-8/h5,7-8H,1-4,6H2,(H,14,17)(H3,12,13,15). The minimum Gasteiger partial charge on any atom is -0.383 e. The van der Waals surface area contributed by atoms with E-state index in [-0.39, 0.29) is 11.9 Å². The SMILES string of the molecule is Nc1[nH]ncc1C(=O)NC1CCN(C2CC2)C1. The summed E-state index contributed by atoms with van der Waals surface area (Å²) in [6.45, 7) is 2.06. The van der Waals surface area contributed by atoms with E-state index in [0.29, 0.717) is 11.4 Å². The molecule has 0 spiro atoms. The van der Waals surface area contributed by atoms with Crippen molar-refractivity contribution in [2.24, 2.45) is 0 Å². The molecule has 0 aromatic carbocycles. The molecule has 2 heterocycles. The van der Waals surface area contributed by atoms with Crippen molar-refractivity contribution in [3.8, 4) is 0 Å². The zero-order valence-electron chi connectivity index (χ0n) is 9.65. The lowest BCUT2D eigenvalue weighted by Crippen LogP contribution is -2.37. The summed E-state index contributed by atoms with van der Waals surface area (Å²) in [5.41, 5.74) is 6.05. The number of anilines is 1. The summed E-state index contributed by atoms with van der Waals surface area (Å²) in [6, 6.07) is 1.02. The third kappa shape index (κ3) is 2.12. The first-order chi connectivity index (χ1) is 8.24. The van der Waals surface area contributed by atoms with Crippen molar-refractivity contribution in [2.75, 3.05) is 18.8 Å². The van der Waals surface area contributed by atoms with E-state index in [1.54, 1.807) is 0 Å². The highest BCUT2D eigenvalue weighted by Gasteiger charge is 2.34. The Hall–Kier alpha value is -1.56. The number of rotatable bonds is 3. The first kappa shape index (κ1) is 10.6. The molecule has 1 aromatic heterocycles. The maximum absolute atomic E-state index is 11.9. The van der Waals surface area contributed by atoms with E-state index >= 15 is 0 Å². The van der Waals surface area contributed by atoms with Gasteiger partial charge in [-0.05, 0) is 19.3 Å². The average Bonchev–Trinajstić information content (AvgIpc) is 2.90. The number of likely N-dealkylation sites (tertiary alicyclic amines) is 1. The number of nitrogens with one attached hydrogen (secondary N) is 2. The van der Waals surface area contributed by atoms with E-state index < -0.39 is 0 Å². The Labute approximate surface area is 99.5 Å². The second kappa shape index (κ2) is 4.03. The Morgan fingerprint density at radius 1 is 1.53 bits per heavy atom. The molecule has 2 fully saturated rings. The molecule has 1 unspecified atom stereocenters. The van der Waals surface area contributed by atoms with Crippen molar-refractivity contribution in [3.05, 3.63) is 11.8 Å². The topological polar surface area (TPSA) is 87.0 Å². The molecule has 1 atom stereocenters. The van der Waals surface area contributed by atoms with Crippen LogP contribution in [-0.4, -0.2) is 46.2 Å². The van der Waals surface area contributed by atoms with Crippen molar-refractivity contribution < 1.29 is 4.79 Å². The predicted octanol–water partition coefficient (Wildman–Crippen LogP) is -0.0416. The van der Waals surface area contributed by atoms with Gasteiger partial charge in [0.1, 0.15) is 11.4 Å². The minimum absolute atomic E-state index is 0.126. The molecule has 4 N–H and O–H groups in total. The van der Waals surface area contributed by atoms with Gasteiger partial charge in [-0.1, -0.05) is 0 Å². The number of carbonyl (C=O) groups excluding carboxylic acids is 1. The molecule has 6 nitrogen and oxygen atoms in total. The van der Waals surface area contributed by atoms with Crippen LogP contribution in [0, 0.1) is 0 Å². The fourth-order valence-corrected chi connectivity index (χ4v) is 2.42. The number of H-pyrrole nitrogens is 1. The highest BCUT2D eigenvalue weighted by molar-refractivity contribution is 5.98. The summed E-state index contributed by atoms with van der Waals surface area (Å²) in [7, 11) is 0. The van der Waals surface area contributed by atoms with Gasteiger partial charge in [-0.15, -0.1) is 0 Å². The van der Waals surface area contributed by atoms with E-state index in [1.807, 2.05) is 0 Å². The molecular weight excluding hydrogens is 218 g/mol. The van der Waals surface area contributed by atoms with Gasteiger partial charge in [0, 0.05) is 25.2 Å². The van der Waals surface area contributed by atoms with E-state index in [2.05, 4.69) is 20.4 Å². The van der Waals surface area contributed by atoms with Gasteiger partial charge in [-0.25, -0.2) is 0 Å². The fourth-order valence-electron chi connectivity index (χ4n) is 2.42. The Bertz CT molecular complexity index is 425. The number of nitrogen functional groups attached to an aromatic ring is 1. The molecule has 1 saturated heterocycles. The van der Waals surface area contributed by atoms with Gasteiger partial charge in [-0.3, -0.25) is 14.8 Å². The molecule has 1 saturated carbocycles. The van der Waals surface area contributed by atoms with Crippen LogP contribution in [-0.2, 0) is 0 Å². The lowest BCUT2D eigenvalue weighted by Gasteiger charge is -2.15. The maximum Gasteiger partial charge on any atom is 0.256 e. The van der Waals surface area contributed by atoms with Crippen molar-refractivity contribution in [1.82, 2.24) is 20.4 Å². The smallest absolute Gasteiger partial charge is 0.256 e. The Balaban J connectivity index is 1.57. The van der Waals surface area contributed by atoms with Gasteiger partial charge >= 0.3 is 0 Å². The van der Waals surface area contributed by atoms with Crippen LogP contribution in [0.25, 0.3) is 0 Å². The van der Waals surface area contributed by atoms with Crippen LogP contribution in [0.5, 0.6) is 0 Å². The highest BCUT2D eigenvalue weighted by atomic mass is 16.1. The molecule has 1 amide bonds. The van der Waals surface area contributed by atoms with E-state index in [9.17, 15) is 4.79 Å². The summed E-state index contributed by atoms with van der Waals surface area (Å²) in [6.07, 6.45) is 5.13. The van der Waals surface area contributed by atoms with Gasteiger partial charge in [0.2, 0.25) is 0 Å². The minimum atomic E-state index is -0.126. The van der Waals surface area contributed by atoms with Gasteiger partial charge in [-0.2, -0.15) is 5.10 Å². The number of carbonyl (C=O) groups is 1. The van der Waals surface area contributed by atoms with E-state index in [4.69, 9.17) is 5.73 Å². The number of amides is 1. The van der Waals surface area contributed by atoms with Gasteiger partial charge < -0.3 is 11.1 Å². The summed E-state index contributed by atoms with van der Waals surface area (Å²) >= 11 is 0. The van der Waals surface area contributed by atoms with Crippen LogP contribution in [0.3, 0.4) is 0 Å². The zero-order valence-corrected chi connectivity index (χ0v) is 9.65. The molecule has 3 rings (SSSR count). The summed E-state index contributed by atoms with van der Waals surface area (Å²) in [5.74, 6) is 0.207. The fraction of sp³-hybridized carbons (Fsp3) is 0.636. The normalized spacial score (nSPS) is 25.1. The summed E-state index contributed by atoms with van der Waals surface area (Å²) < 4.78 is 0. The molecular formula is C11H17N5O. The quantitative estimate of drug-likeness (QED) is 0.686. The number of nitrogens with zero attached hydrogens (tertiary/aromatic N) is 2. The molecule has 1 aromatic rings. The Kier molecular flexibility index (Phi) is 2.51.